The summed E-state index contributed by atoms with van der Waals surface area (Å²) in [6.45, 7) is -0.250. The molecule has 0 aliphatic rings. The molecule has 0 spiro atoms. The van der Waals surface area contributed by atoms with Gasteiger partial charge in [-0.1, -0.05) is 0 Å². The van der Waals surface area contributed by atoms with Crippen LogP contribution in [0.5, 0.6) is 0 Å². The van der Waals surface area contributed by atoms with Gasteiger partial charge in [0, 0.05) is 25.8 Å². The fraction of sp³-hybridized carbons (Fsp3) is 1.00. The smallest absolute Gasteiger partial charge is 0.0662 e. The van der Waals surface area contributed by atoms with E-state index in [1.807, 2.05) is 0 Å². The molecule has 0 atom stereocenters. The molecule has 0 radical (unpaired) electrons. The molecule has 0 aromatic heterocycles. The standard InChI is InChI=1S/C2H6O2.Hf/c3-1-2-4;/h3-4H,1-2H2;. The normalized spacial score (nSPS) is 6.00. The molecular formula is C2H6HfO2. The monoisotopic (exact) mass is 242 g/mol. The third kappa shape index (κ3) is 11.6. The maximum absolute atomic E-state index is 7.62. The quantitative estimate of drug-likeness (QED) is 0.576. The molecular weight excluding hydrogens is 235 g/mol. The zero-order valence-electron chi connectivity index (χ0n) is 2.81. The zero-order valence-corrected chi connectivity index (χ0v) is 6.40. The second-order valence-electron chi connectivity index (χ2n) is 0.447. The van der Waals surface area contributed by atoms with Crippen molar-refractivity contribution in [3.8, 4) is 0 Å². The number of aliphatic hydroxyl groups excluding tert-OH is 2. The summed E-state index contributed by atoms with van der Waals surface area (Å²) < 4.78 is 0. The fourth-order valence-corrected chi connectivity index (χ4v) is 0. The van der Waals surface area contributed by atoms with E-state index in [-0.39, 0.29) is 39.1 Å². The molecule has 3 heteroatoms. The van der Waals surface area contributed by atoms with Crippen LogP contribution in [0.1, 0.15) is 0 Å². The second kappa shape index (κ2) is 8.84. The first-order chi connectivity index (χ1) is 1.91. The molecule has 2 nitrogen and oxygen atoms in total. The van der Waals surface area contributed by atoms with Gasteiger partial charge in [0.15, 0.2) is 0 Å². The molecule has 2 N–H and O–H groups in total. The number of rotatable bonds is 1. The minimum atomic E-state index is -0.125. The molecule has 0 aromatic rings. The molecule has 0 fully saturated rings. The van der Waals surface area contributed by atoms with Gasteiger partial charge in [0.25, 0.3) is 0 Å². The van der Waals surface area contributed by atoms with E-state index >= 15 is 0 Å². The summed E-state index contributed by atoms with van der Waals surface area (Å²) in [5.74, 6) is 0. The van der Waals surface area contributed by atoms with Crippen molar-refractivity contribution >= 4 is 0 Å². The summed E-state index contributed by atoms with van der Waals surface area (Å²) in [6, 6.07) is 0. The Balaban J connectivity index is 0. The summed E-state index contributed by atoms with van der Waals surface area (Å²) >= 11 is 0. The summed E-state index contributed by atoms with van der Waals surface area (Å²) in [4.78, 5) is 0. The third-order valence-electron chi connectivity index (χ3n) is 0.1000. The van der Waals surface area contributed by atoms with E-state index in [4.69, 9.17) is 10.2 Å². The molecule has 0 aliphatic heterocycles. The van der Waals surface area contributed by atoms with Gasteiger partial charge >= 0.3 is 0 Å². The molecule has 0 bridgehead atoms. The molecule has 0 aromatic carbocycles. The van der Waals surface area contributed by atoms with Crippen LogP contribution in [0.25, 0.3) is 0 Å². The Morgan fingerprint density at radius 1 is 1.00 bits per heavy atom. The maximum atomic E-state index is 7.62. The SMILES string of the molecule is OCCO.[Hf]. The molecule has 0 saturated heterocycles. The molecule has 0 amide bonds. The first-order valence-electron chi connectivity index (χ1n) is 1.13. The van der Waals surface area contributed by atoms with Crippen molar-refractivity contribution in [1.82, 2.24) is 0 Å². The second-order valence-corrected chi connectivity index (χ2v) is 0.447. The molecule has 0 unspecified atom stereocenters. The topological polar surface area (TPSA) is 40.5 Å². The van der Waals surface area contributed by atoms with E-state index in [9.17, 15) is 0 Å². The van der Waals surface area contributed by atoms with Gasteiger partial charge in [-0.2, -0.15) is 0 Å². The van der Waals surface area contributed by atoms with Crippen LogP contribution in [-0.2, 0) is 25.8 Å². The molecule has 0 aliphatic carbocycles. The van der Waals surface area contributed by atoms with Gasteiger partial charge < -0.3 is 10.2 Å². The Labute approximate surface area is 49.6 Å². The molecule has 30 valence electrons. The van der Waals surface area contributed by atoms with Crippen LogP contribution < -0.4 is 0 Å². The first-order valence-corrected chi connectivity index (χ1v) is 1.13. The van der Waals surface area contributed by atoms with Crippen molar-refractivity contribution < 1.29 is 36.1 Å². The van der Waals surface area contributed by atoms with E-state index in [0.29, 0.717) is 0 Å². The maximum Gasteiger partial charge on any atom is 0.0662 e. The van der Waals surface area contributed by atoms with Gasteiger partial charge in [0.05, 0.1) is 13.2 Å². The third-order valence-corrected chi connectivity index (χ3v) is 0.1000. The predicted molar refractivity (Wildman–Crippen MR) is 14.2 cm³/mol. The Morgan fingerprint density at radius 2 is 1.20 bits per heavy atom. The van der Waals surface area contributed by atoms with E-state index in [1.54, 1.807) is 0 Å². The largest absolute Gasteiger partial charge is 0.394 e. The van der Waals surface area contributed by atoms with E-state index in [2.05, 4.69) is 0 Å². The van der Waals surface area contributed by atoms with Crippen LogP contribution in [-0.4, -0.2) is 23.4 Å². The van der Waals surface area contributed by atoms with E-state index in [0.717, 1.165) is 0 Å². The van der Waals surface area contributed by atoms with Crippen LogP contribution in [0, 0.1) is 0 Å². The average Bonchev–Trinajstić information content (AvgIpc) is 1.37. The van der Waals surface area contributed by atoms with Crippen molar-refractivity contribution in [3.63, 3.8) is 0 Å². The minimum Gasteiger partial charge on any atom is -0.394 e. The summed E-state index contributed by atoms with van der Waals surface area (Å²) in [7, 11) is 0. The van der Waals surface area contributed by atoms with Crippen molar-refractivity contribution in [1.29, 1.82) is 0 Å². The zero-order chi connectivity index (χ0) is 3.41. The summed E-state index contributed by atoms with van der Waals surface area (Å²) in [6.07, 6.45) is 0. The summed E-state index contributed by atoms with van der Waals surface area (Å²) in [5, 5.41) is 15.2. The summed E-state index contributed by atoms with van der Waals surface area (Å²) in [5.41, 5.74) is 0. The first kappa shape index (κ1) is 9.25. The number of hydrogen-bond donors (Lipinski definition) is 2. The van der Waals surface area contributed by atoms with Gasteiger partial charge in [-0.25, -0.2) is 0 Å². The van der Waals surface area contributed by atoms with Crippen molar-refractivity contribution in [2.45, 2.75) is 0 Å². The van der Waals surface area contributed by atoms with Crippen LogP contribution in [0.15, 0.2) is 0 Å². The van der Waals surface area contributed by atoms with Gasteiger partial charge in [-0.05, 0) is 0 Å². The van der Waals surface area contributed by atoms with Crippen LogP contribution in [0.2, 0.25) is 0 Å². The Bertz CT molecular complexity index is 9.61. The van der Waals surface area contributed by atoms with Crippen molar-refractivity contribution in [3.05, 3.63) is 0 Å². The Morgan fingerprint density at radius 3 is 1.20 bits per heavy atom. The van der Waals surface area contributed by atoms with Crippen molar-refractivity contribution in [2.24, 2.45) is 0 Å². The van der Waals surface area contributed by atoms with Gasteiger partial charge in [-0.15, -0.1) is 0 Å². The molecule has 0 saturated carbocycles. The fourth-order valence-electron chi connectivity index (χ4n) is 0. The van der Waals surface area contributed by atoms with Crippen LogP contribution in [0.3, 0.4) is 0 Å². The minimum absolute atomic E-state index is 0. The van der Waals surface area contributed by atoms with Crippen molar-refractivity contribution in [2.75, 3.05) is 13.2 Å². The van der Waals surface area contributed by atoms with Crippen LogP contribution >= 0.6 is 0 Å². The van der Waals surface area contributed by atoms with Gasteiger partial charge in [0.2, 0.25) is 0 Å². The Hall–Kier alpha value is 0.790. The Kier molecular flexibility index (Phi) is 16.3. The predicted octanol–water partition coefficient (Wildman–Crippen LogP) is -1.03. The van der Waals surface area contributed by atoms with Crippen LogP contribution in [0.4, 0.5) is 0 Å². The number of aliphatic hydroxyl groups is 2. The van der Waals surface area contributed by atoms with Gasteiger partial charge in [0.1, 0.15) is 0 Å². The molecule has 0 rings (SSSR count). The van der Waals surface area contributed by atoms with E-state index < -0.39 is 0 Å². The molecule has 0 heterocycles. The molecule has 5 heavy (non-hydrogen) atoms. The number of hydrogen-bond acceptors (Lipinski definition) is 2. The van der Waals surface area contributed by atoms with E-state index in [1.165, 1.54) is 0 Å². The van der Waals surface area contributed by atoms with Gasteiger partial charge in [-0.3, -0.25) is 0 Å². The average molecular weight is 241 g/mol.